The molecule has 0 aliphatic rings. The van der Waals surface area contributed by atoms with Gasteiger partial charge in [0.25, 0.3) is 5.91 Å². The number of aromatic nitrogens is 2. The number of nitrogens with one attached hydrogen (secondary N) is 1. The van der Waals surface area contributed by atoms with Crippen LogP contribution in [0.15, 0.2) is 22.6 Å². The second-order valence-corrected chi connectivity index (χ2v) is 6.64. The van der Waals surface area contributed by atoms with E-state index >= 15 is 0 Å². The first-order chi connectivity index (χ1) is 10.5. The summed E-state index contributed by atoms with van der Waals surface area (Å²) in [5.74, 6) is 0.163. The van der Waals surface area contributed by atoms with Gasteiger partial charge in [0.2, 0.25) is 5.13 Å². The lowest BCUT2D eigenvalue weighted by atomic mass is 10.1. The molecule has 1 N–H and O–H groups in total. The van der Waals surface area contributed by atoms with Gasteiger partial charge in [-0.3, -0.25) is 10.1 Å². The lowest BCUT2D eigenvalue weighted by Crippen LogP contribution is -2.11. The van der Waals surface area contributed by atoms with Crippen molar-refractivity contribution in [3.63, 3.8) is 0 Å². The van der Waals surface area contributed by atoms with Crippen LogP contribution in [0.4, 0.5) is 5.13 Å². The fourth-order valence-corrected chi connectivity index (χ4v) is 3.05. The van der Waals surface area contributed by atoms with Crippen LogP contribution < -0.4 is 5.32 Å². The van der Waals surface area contributed by atoms with Crippen molar-refractivity contribution in [1.82, 2.24) is 10.2 Å². The van der Waals surface area contributed by atoms with Crippen molar-refractivity contribution < 1.29 is 9.21 Å². The van der Waals surface area contributed by atoms with Gasteiger partial charge in [0, 0.05) is 16.9 Å². The fraction of sp³-hybridized carbons (Fsp3) is 0.267. The van der Waals surface area contributed by atoms with Gasteiger partial charge in [0.1, 0.15) is 5.01 Å². The van der Waals surface area contributed by atoms with Crippen LogP contribution in [0.3, 0.4) is 0 Å². The largest absolute Gasteiger partial charge is 0.449 e. The molecule has 0 radical (unpaired) electrons. The summed E-state index contributed by atoms with van der Waals surface area (Å²) in [7, 11) is 0. The van der Waals surface area contributed by atoms with E-state index in [4.69, 9.17) is 16.0 Å². The number of para-hydroxylation sites is 1. The predicted octanol–water partition coefficient (Wildman–Crippen LogP) is 4.62. The Morgan fingerprint density at radius 3 is 2.77 bits per heavy atom. The number of benzene rings is 1. The Morgan fingerprint density at radius 2 is 2.14 bits per heavy atom. The van der Waals surface area contributed by atoms with Gasteiger partial charge in [0.05, 0.1) is 5.02 Å². The van der Waals surface area contributed by atoms with Gasteiger partial charge in [-0.1, -0.05) is 48.9 Å². The topological polar surface area (TPSA) is 68.0 Å². The van der Waals surface area contributed by atoms with E-state index in [2.05, 4.69) is 15.5 Å². The molecule has 0 spiro atoms. The maximum Gasteiger partial charge on any atom is 0.293 e. The number of aryl methyl sites for hydroxylation is 1. The van der Waals surface area contributed by atoms with E-state index in [1.165, 1.54) is 11.3 Å². The molecule has 114 valence electrons. The molecule has 0 saturated heterocycles. The molecule has 0 unspecified atom stereocenters. The van der Waals surface area contributed by atoms with E-state index in [0.29, 0.717) is 15.7 Å². The second kappa shape index (κ2) is 5.70. The average Bonchev–Trinajstić information content (AvgIpc) is 3.05. The van der Waals surface area contributed by atoms with E-state index in [1.807, 2.05) is 32.9 Å². The zero-order valence-electron chi connectivity index (χ0n) is 12.3. The van der Waals surface area contributed by atoms with Crippen LogP contribution in [0, 0.1) is 6.92 Å². The van der Waals surface area contributed by atoms with Crippen LogP contribution in [0.2, 0.25) is 5.02 Å². The molecule has 3 aromatic rings. The maximum absolute atomic E-state index is 12.4. The van der Waals surface area contributed by atoms with E-state index in [1.54, 1.807) is 6.07 Å². The smallest absolute Gasteiger partial charge is 0.293 e. The molecule has 0 aliphatic heterocycles. The Morgan fingerprint density at radius 1 is 1.36 bits per heavy atom. The van der Waals surface area contributed by atoms with Crippen LogP contribution in [0.5, 0.6) is 0 Å². The van der Waals surface area contributed by atoms with E-state index < -0.39 is 0 Å². The number of furan rings is 1. The fourth-order valence-electron chi connectivity index (χ4n) is 2.10. The Balaban J connectivity index is 1.91. The molecule has 5 nitrogen and oxygen atoms in total. The maximum atomic E-state index is 12.4. The minimum atomic E-state index is -0.351. The number of hydrogen-bond acceptors (Lipinski definition) is 5. The van der Waals surface area contributed by atoms with Crippen molar-refractivity contribution >= 4 is 44.9 Å². The number of halogens is 1. The van der Waals surface area contributed by atoms with Crippen molar-refractivity contribution in [1.29, 1.82) is 0 Å². The summed E-state index contributed by atoms with van der Waals surface area (Å²) < 4.78 is 5.63. The summed E-state index contributed by atoms with van der Waals surface area (Å²) in [6, 6.07) is 5.43. The molecule has 0 aliphatic carbocycles. The quantitative estimate of drug-likeness (QED) is 0.758. The number of anilines is 1. The molecule has 0 fully saturated rings. The summed E-state index contributed by atoms with van der Waals surface area (Å²) in [6.07, 6.45) is 0. The molecule has 0 saturated carbocycles. The van der Waals surface area contributed by atoms with Crippen LogP contribution >= 0.6 is 22.9 Å². The third kappa shape index (κ3) is 2.60. The van der Waals surface area contributed by atoms with Crippen LogP contribution in [0.1, 0.15) is 40.9 Å². The Labute approximate surface area is 136 Å². The van der Waals surface area contributed by atoms with Crippen molar-refractivity contribution in [2.24, 2.45) is 0 Å². The van der Waals surface area contributed by atoms with Crippen LogP contribution in [-0.2, 0) is 0 Å². The summed E-state index contributed by atoms with van der Waals surface area (Å²) in [4.78, 5) is 12.4. The molecule has 2 heterocycles. The number of rotatable bonds is 3. The number of carbonyl (C=O) groups excluding carboxylic acids is 1. The number of carbonyl (C=O) groups is 1. The van der Waals surface area contributed by atoms with Crippen LogP contribution in [-0.4, -0.2) is 16.1 Å². The predicted molar refractivity (Wildman–Crippen MR) is 87.9 cm³/mol. The number of nitrogens with zero attached hydrogens (tertiary/aromatic N) is 2. The number of fused-ring (bicyclic) bond motifs is 1. The molecule has 3 rings (SSSR count). The standard InChI is InChI=1S/C15H14ClN3O2S/c1-7(2)14-18-19-15(22-14)17-13(20)11-8(3)9-5-4-6-10(16)12(9)21-11/h4-7H,1-3H3,(H,17,19,20). The second-order valence-electron chi connectivity index (χ2n) is 5.23. The van der Waals surface area contributed by atoms with Gasteiger partial charge < -0.3 is 4.42 Å². The third-order valence-corrected chi connectivity index (χ3v) is 4.71. The first-order valence-electron chi connectivity index (χ1n) is 6.79. The molecule has 0 bridgehead atoms. The van der Waals surface area contributed by atoms with E-state index in [9.17, 15) is 4.79 Å². The molecular weight excluding hydrogens is 322 g/mol. The summed E-state index contributed by atoms with van der Waals surface area (Å²) in [5, 5.41) is 13.4. The van der Waals surface area contributed by atoms with Crippen molar-refractivity contribution in [3.05, 3.63) is 39.6 Å². The SMILES string of the molecule is Cc1c(C(=O)Nc2nnc(C(C)C)s2)oc2c(Cl)cccc12. The van der Waals surface area contributed by atoms with Gasteiger partial charge in [0.15, 0.2) is 11.3 Å². The average molecular weight is 336 g/mol. The molecule has 2 aromatic heterocycles. The molecule has 7 heteroatoms. The molecular formula is C15H14ClN3O2S. The molecule has 1 amide bonds. The molecule has 0 atom stereocenters. The highest BCUT2D eigenvalue weighted by atomic mass is 35.5. The number of amides is 1. The van der Waals surface area contributed by atoms with Crippen molar-refractivity contribution in [2.75, 3.05) is 5.32 Å². The van der Waals surface area contributed by atoms with Gasteiger partial charge in [-0.25, -0.2) is 0 Å². The normalized spacial score (nSPS) is 11.3. The monoisotopic (exact) mass is 335 g/mol. The molecule has 1 aromatic carbocycles. The zero-order valence-corrected chi connectivity index (χ0v) is 13.9. The highest BCUT2D eigenvalue weighted by Gasteiger charge is 2.20. The van der Waals surface area contributed by atoms with Crippen molar-refractivity contribution in [2.45, 2.75) is 26.7 Å². The van der Waals surface area contributed by atoms with E-state index in [0.717, 1.165) is 16.0 Å². The molecule has 22 heavy (non-hydrogen) atoms. The lowest BCUT2D eigenvalue weighted by molar-refractivity contribution is 0.0998. The third-order valence-electron chi connectivity index (χ3n) is 3.28. The number of hydrogen-bond donors (Lipinski definition) is 1. The zero-order chi connectivity index (χ0) is 15.9. The van der Waals surface area contributed by atoms with Crippen LogP contribution in [0.25, 0.3) is 11.0 Å². The summed E-state index contributed by atoms with van der Waals surface area (Å²) in [5.41, 5.74) is 1.27. The Kier molecular flexibility index (Phi) is 3.88. The minimum absolute atomic E-state index is 0.240. The Bertz CT molecular complexity index is 854. The highest BCUT2D eigenvalue weighted by Crippen LogP contribution is 2.31. The first-order valence-corrected chi connectivity index (χ1v) is 7.99. The highest BCUT2D eigenvalue weighted by molar-refractivity contribution is 7.15. The lowest BCUT2D eigenvalue weighted by Gasteiger charge is -1.98. The summed E-state index contributed by atoms with van der Waals surface area (Å²) in [6.45, 7) is 5.88. The first kappa shape index (κ1) is 15.0. The van der Waals surface area contributed by atoms with Gasteiger partial charge in [-0.15, -0.1) is 10.2 Å². The Hall–Kier alpha value is -1.92. The van der Waals surface area contributed by atoms with Gasteiger partial charge in [-0.2, -0.15) is 0 Å². The summed E-state index contributed by atoms with van der Waals surface area (Å²) >= 11 is 7.46. The van der Waals surface area contributed by atoms with E-state index in [-0.39, 0.29) is 17.6 Å². The van der Waals surface area contributed by atoms with Gasteiger partial charge >= 0.3 is 0 Å². The minimum Gasteiger partial charge on any atom is -0.449 e. The van der Waals surface area contributed by atoms with Crippen molar-refractivity contribution in [3.8, 4) is 0 Å². The van der Waals surface area contributed by atoms with Gasteiger partial charge in [-0.05, 0) is 13.0 Å².